The number of carbonyl (C=O) groups is 2. The van der Waals surface area contributed by atoms with Crippen LogP contribution >= 0.6 is 11.3 Å². The second kappa shape index (κ2) is 8.14. The Morgan fingerprint density at radius 3 is 2.67 bits per heavy atom. The van der Waals surface area contributed by atoms with Gasteiger partial charge in [-0.2, -0.15) is 0 Å². The fourth-order valence-electron chi connectivity index (χ4n) is 2.57. The van der Waals surface area contributed by atoms with E-state index in [-0.39, 0.29) is 24.5 Å². The fraction of sp³-hybridized carbons (Fsp3) is 0.600. The third-order valence-corrected chi connectivity index (χ3v) is 4.72. The molecule has 0 radical (unpaired) electrons. The Bertz CT molecular complexity index is 453. The largest absolute Gasteiger partial charge is 0.396 e. The molecular formula is C15H22N2O3S. The second-order valence-corrected chi connectivity index (χ2v) is 6.40. The lowest BCUT2D eigenvalue weighted by Gasteiger charge is -2.27. The maximum absolute atomic E-state index is 11.8. The summed E-state index contributed by atoms with van der Waals surface area (Å²) in [6.45, 7) is 0.601. The van der Waals surface area contributed by atoms with Crippen molar-refractivity contribution in [3.63, 3.8) is 0 Å². The molecule has 0 aromatic carbocycles. The lowest BCUT2D eigenvalue weighted by atomic mass is 9.86. The van der Waals surface area contributed by atoms with Crippen molar-refractivity contribution in [1.82, 2.24) is 10.6 Å². The zero-order valence-electron chi connectivity index (χ0n) is 12.0. The smallest absolute Gasteiger partial charge is 0.261 e. The van der Waals surface area contributed by atoms with Crippen LogP contribution in [0.15, 0.2) is 17.5 Å². The number of hydrogen-bond acceptors (Lipinski definition) is 4. The average molecular weight is 310 g/mol. The van der Waals surface area contributed by atoms with Crippen LogP contribution in [0, 0.1) is 5.92 Å². The number of carbonyl (C=O) groups excluding carboxylic acids is 2. The monoisotopic (exact) mass is 310 g/mol. The summed E-state index contributed by atoms with van der Waals surface area (Å²) in [5.41, 5.74) is 0. The maximum Gasteiger partial charge on any atom is 0.261 e. The van der Waals surface area contributed by atoms with E-state index in [1.807, 2.05) is 11.4 Å². The standard InChI is InChI=1S/C15H22N2O3S/c18-10-11-3-5-12(6-4-11)17-14(19)7-8-16-15(20)13-2-1-9-21-13/h1-2,9,11-12,18H,3-8,10H2,(H,16,20)(H,17,19). The summed E-state index contributed by atoms with van der Waals surface area (Å²) in [4.78, 5) is 24.2. The van der Waals surface area contributed by atoms with Crippen molar-refractivity contribution < 1.29 is 14.7 Å². The second-order valence-electron chi connectivity index (χ2n) is 5.45. The van der Waals surface area contributed by atoms with Crippen molar-refractivity contribution in [2.45, 2.75) is 38.1 Å². The lowest BCUT2D eigenvalue weighted by molar-refractivity contribution is -0.121. The van der Waals surface area contributed by atoms with E-state index >= 15 is 0 Å². The Balaban J connectivity index is 1.61. The molecule has 3 N–H and O–H groups in total. The summed E-state index contributed by atoms with van der Waals surface area (Å²) >= 11 is 1.39. The van der Waals surface area contributed by atoms with Crippen molar-refractivity contribution in [1.29, 1.82) is 0 Å². The number of aliphatic hydroxyl groups is 1. The molecule has 1 aliphatic rings. The third-order valence-electron chi connectivity index (χ3n) is 3.85. The third kappa shape index (κ3) is 5.13. The van der Waals surface area contributed by atoms with Crippen molar-refractivity contribution in [3.8, 4) is 0 Å². The van der Waals surface area contributed by atoms with Crippen molar-refractivity contribution in [3.05, 3.63) is 22.4 Å². The molecule has 1 heterocycles. The molecule has 2 rings (SSSR count). The Hall–Kier alpha value is -1.40. The first-order valence-corrected chi connectivity index (χ1v) is 8.29. The normalized spacial score (nSPS) is 21.8. The van der Waals surface area contributed by atoms with Gasteiger partial charge >= 0.3 is 0 Å². The van der Waals surface area contributed by atoms with E-state index in [2.05, 4.69) is 10.6 Å². The van der Waals surface area contributed by atoms with E-state index < -0.39 is 0 Å². The first-order chi connectivity index (χ1) is 10.2. The van der Waals surface area contributed by atoms with Crippen LogP contribution in [0.1, 0.15) is 41.8 Å². The number of rotatable bonds is 6. The van der Waals surface area contributed by atoms with E-state index in [1.165, 1.54) is 11.3 Å². The van der Waals surface area contributed by atoms with Gasteiger partial charge in [-0.05, 0) is 43.0 Å². The summed E-state index contributed by atoms with van der Waals surface area (Å²) < 4.78 is 0. The van der Waals surface area contributed by atoms with Crippen molar-refractivity contribution in [2.24, 2.45) is 5.92 Å². The molecule has 0 atom stereocenters. The van der Waals surface area contributed by atoms with Gasteiger partial charge in [0.15, 0.2) is 0 Å². The van der Waals surface area contributed by atoms with Crippen LogP contribution < -0.4 is 10.6 Å². The average Bonchev–Trinajstić information content (AvgIpc) is 3.02. The highest BCUT2D eigenvalue weighted by Gasteiger charge is 2.21. The zero-order valence-corrected chi connectivity index (χ0v) is 12.8. The molecule has 5 nitrogen and oxygen atoms in total. The highest BCUT2D eigenvalue weighted by molar-refractivity contribution is 7.12. The molecule has 1 aromatic rings. The van der Waals surface area contributed by atoms with Crippen LogP contribution in [0.3, 0.4) is 0 Å². The van der Waals surface area contributed by atoms with Gasteiger partial charge < -0.3 is 15.7 Å². The fourth-order valence-corrected chi connectivity index (χ4v) is 3.21. The summed E-state index contributed by atoms with van der Waals surface area (Å²) in [7, 11) is 0. The summed E-state index contributed by atoms with van der Waals surface area (Å²) in [6, 6.07) is 3.81. The molecule has 21 heavy (non-hydrogen) atoms. The Labute approximate surface area is 128 Å². The molecule has 116 valence electrons. The minimum absolute atomic E-state index is 0.0195. The van der Waals surface area contributed by atoms with Crippen LogP contribution in [0.4, 0.5) is 0 Å². The van der Waals surface area contributed by atoms with Crippen LogP contribution in [0.5, 0.6) is 0 Å². The zero-order chi connectivity index (χ0) is 15.1. The number of aliphatic hydroxyl groups excluding tert-OH is 1. The first-order valence-electron chi connectivity index (χ1n) is 7.41. The van der Waals surface area contributed by atoms with Crippen LogP contribution in [0.25, 0.3) is 0 Å². The molecule has 0 aliphatic heterocycles. The van der Waals surface area contributed by atoms with Gasteiger partial charge in [-0.1, -0.05) is 6.07 Å². The van der Waals surface area contributed by atoms with E-state index in [0.29, 0.717) is 23.8 Å². The van der Waals surface area contributed by atoms with E-state index in [9.17, 15) is 9.59 Å². The van der Waals surface area contributed by atoms with Crippen LogP contribution in [-0.2, 0) is 4.79 Å². The summed E-state index contributed by atoms with van der Waals surface area (Å²) in [5, 5.41) is 16.7. The van der Waals surface area contributed by atoms with Crippen molar-refractivity contribution >= 4 is 23.2 Å². The van der Waals surface area contributed by atoms with Gasteiger partial charge in [-0.25, -0.2) is 0 Å². The summed E-state index contributed by atoms with van der Waals surface area (Å²) in [6.07, 6.45) is 4.10. The quantitative estimate of drug-likeness (QED) is 0.746. The van der Waals surface area contributed by atoms with Gasteiger partial charge in [0.1, 0.15) is 0 Å². The molecule has 1 aliphatic carbocycles. The molecule has 6 heteroatoms. The molecule has 0 unspecified atom stereocenters. The Morgan fingerprint density at radius 2 is 2.05 bits per heavy atom. The minimum atomic E-state index is -0.124. The van der Waals surface area contributed by atoms with Gasteiger partial charge in [0.2, 0.25) is 5.91 Å². The van der Waals surface area contributed by atoms with E-state index in [4.69, 9.17) is 5.11 Å². The Morgan fingerprint density at radius 1 is 1.29 bits per heavy atom. The molecule has 0 bridgehead atoms. The SMILES string of the molecule is O=C(CCNC(=O)c1cccs1)NC1CCC(CO)CC1. The van der Waals surface area contributed by atoms with Gasteiger partial charge in [0, 0.05) is 25.6 Å². The van der Waals surface area contributed by atoms with Gasteiger partial charge in [-0.3, -0.25) is 9.59 Å². The molecule has 1 fully saturated rings. The number of amides is 2. The number of nitrogens with one attached hydrogen (secondary N) is 2. The topological polar surface area (TPSA) is 78.4 Å². The van der Waals surface area contributed by atoms with E-state index in [0.717, 1.165) is 25.7 Å². The predicted molar refractivity (Wildman–Crippen MR) is 82.2 cm³/mol. The Kier molecular flexibility index (Phi) is 6.20. The maximum atomic E-state index is 11.8. The molecule has 0 spiro atoms. The van der Waals surface area contributed by atoms with Crippen molar-refractivity contribution in [2.75, 3.05) is 13.2 Å². The minimum Gasteiger partial charge on any atom is -0.396 e. The molecule has 0 saturated heterocycles. The van der Waals surface area contributed by atoms with Gasteiger partial charge in [0.05, 0.1) is 4.88 Å². The van der Waals surface area contributed by atoms with E-state index in [1.54, 1.807) is 6.07 Å². The molecule has 1 aromatic heterocycles. The lowest BCUT2D eigenvalue weighted by Crippen LogP contribution is -2.39. The molecular weight excluding hydrogens is 288 g/mol. The first kappa shape index (κ1) is 16.0. The number of thiophene rings is 1. The van der Waals surface area contributed by atoms with Crippen LogP contribution in [-0.4, -0.2) is 36.1 Å². The number of hydrogen-bond donors (Lipinski definition) is 3. The molecule has 1 saturated carbocycles. The summed E-state index contributed by atoms with van der Waals surface area (Å²) in [5.74, 6) is 0.249. The highest BCUT2D eigenvalue weighted by Crippen LogP contribution is 2.23. The molecule has 2 amide bonds. The highest BCUT2D eigenvalue weighted by atomic mass is 32.1. The van der Waals surface area contributed by atoms with Gasteiger partial charge in [-0.15, -0.1) is 11.3 Å². The predicted octanol–water partition coefficient (Wildman–Crippen LogP) is 1.54. The van der Waals surface area contributed by atoms with Gasteiger partial charge in [0.25, 0.3) is 5.91 Å². The van der Waals surface area contributed by atoms with Crippen LogP contribution in [0.2, 0.25) is 0 Å².